The molecule has 0 spiro atoms. The molecule has 3 aliphatic rings. The fourth-order valence-electron chi connectivity index (χ4n) is 4.42. The fourth-order valence-corrected chi connectivity index (χ4v) is 6.22. The molecule has 0 aliphatic carbocycles. The van der Waals surface area contributed by atoms with Crippen molar-refractivity contribution in [3.63, 3.8) is 0 Å². The van der Waals surface area contributed by atoms with Gasteiger partial charge in [-0.1, -0.05) is 35.0 Å². The van der Waals surface area contributed by atoms with Crippen LogP contribution in [0.25, 0.3) is 0 Å². The predicted octanol–water partition coefficient (Wildman–Crippen LogP) is 5.32. The summed E-state index contributed by atoms with van der Waals surface area (Å²) >= 11 is 13.8. The van der Waals surface area contributed by atoms with Crippen molar-refractivity contribution in [2.45, 2.75) is 18.0 Å². The Hall–Kier alpha value is -1.93. The largest absolute Gasteiger partial charge is 0.341 e. The van der Waals surface area contributed by atoms with Crippen LogP contribution in [0, 0.1) is 0 Å². The number of anilines is 2. The van der Waals surface area contributed by atoms with Crippen LogP contribution >= 0.6 is 35.0 Å². The maximum atomic E-state index is 13.9. The first kappa shape index (κ1) is 20.0. The van der Waals surface area contributed by atoms with Gasteiger partial charge in [-0.15, -0.1) is 0 Å². The molecule has 4 amide bonds. The number of thioether (sulfide) groups is 1. The van der Waals surface area contributed by atoms with Gasteiger partial charge >= 0.3 is 12.1 Å². The zero-order valence-electron chi connectivity index (χ0n) is 16.1. The van der Waals surface area contributed by atoms with E-state index in [4.69, 9.17) is 23.2 Å². The van der Waals surface area contributed by atoms with E-state index in [1.54, 1.807) is 53.1 Å². The zero-order valence-corrected chi connectivity index (χ0v) is 18.5. The average Bonchev–Trinajstić information content (AvgIpc) is 3.42. The Bertz CT molecular complexity index is 982. The quantitative estimate of drug-likeness (QED) is 0.619. The number of hydrogen-bond acceptors (Lipinski definition) is 4. The highest BCUT2D eigenvalue weighted by atomic mass is 35.5. The summed E-state index contributed by atoms with van der Waals surface area (Å²) in [5.41, 5.74) is 1.21. The van der Waals surface area contributed by atoms with Crippen LogP contribution in [0.15, 0.2) is 48.5 Å². The number of rotatable bonds is 3. The zero-order chi connectivity index (χ0) is 20.9. The molecule has 3 fully saturated rings. The number of urea groups is 2. The molecule has 3 aliphatic heterocycles. The predicted molar refractivity (Wildman–Crippen MR) is 121 cm³/mol. The van der Waals surface area contributed by atoms with Gasteiger partial charge in [0.05, 0.1) is 11.4 Å². The van der Waals surface area contributed by atoms with Crippen LogP contribution in [0.3, 0.4) is 0 Å². The molecule has 156 valence electrons. The SMILES string of the molecule is O=C1N(c2ccc(Cl)cc2)C(=O)N(c2ccc(Cl)cc2)C2(N3CCCC3)SCCN12. The molecule has 1 unspecified atom stereocenters. The molecule has 3 saturated heterocycles. The number of carbonyl (C=O) groups is 2. The summed E-state index contributed by atoms with van der Waals surface area (Å²) in [5, 5.41) is 0.287. The Morgan fingerprint density at radius 1 is 0.767 bits per heavy atom. The van der Waals surface area contributed by atoms with E-state index in [2.05, 4.69) is 4.90 Å². The lowest BCUT2D eigenvalue weighted by Crippen LogP contribution is -2.76. The second-order valence-corrected chi connectivity index (χ2v) is 9.57. The van der Waals surface area contributed by atoms with Gasteiger partial charge in [-0.3, -0.25) is 9.80 Å². The van der Waals surface area contributed by atoms with Gasteiger partial charge in [0, 0.05) is 35.4 Å². The Kier molecular flexibility index (Phi) is 5.09. The molecule has 2 aromatic rings. The van der Waals surface area contributed by atoms with Gasteiger partial charge in [0.2, 0.25) is 5.12 Å². The molecule has 3 heterocycles. The summed E-state index contributed by atoms with van der Waals surface area (Å²) in [6, 6.07) is 13.3. The number of benzene rings is 2. The van der Waals surface area contributed by atoms with E-state index >= 15 is 0 Å². The highest BCUT2D eigenvalue weighted by molar-refractivity contribution is 8.01. The molecule has 0 saturated carbocycles. The minimum Gasteiger partial charge on any atom is -0.277 e. The molecule has 0 radical (unpaired) electrons. The lowest BCUT2D eigenvalue weighted by atomic mass is 10.2. The van der Waals surface area contributed by atoms with Crippen molar-refractivity contribution >= 4 is 58.4 Å². The molecule has 30 heavy (non-hydrogen) atoms. The summed E-state index contributed by atoms with van der Waals surface area (Å²) in [7, 11) is 0. The number of imide groups is 1. The van der Waals surface area contributed by atoms with Crippen molar-refractivity contribution in [3.05, 3.63) is 58.6 Å². The van der Waals surface area contributed by atoms with Crippen LogP contribution in [0.2, 0.25) is 10.0 Å². The molecule has 5 rings (SSSR count). The van der Waals surface area contributed by atoms with Crippen molar-refractivity contribution in [1.82, 2.24) is 9.80 Å². The topological polar surface area (TPSA) is 47.1 Å². The summed E-state index contributed by atoms with van der Waals surface area (Å²) in [6.45, 7) is 2.26. The summed E-state index contributed by atoms with van der Waals surface area (Å²) in [6.07, 6.45) is 2.10. The van der Waals surface area contributed by atoms with E-state index in [1.807, 2.05) is 17.0 Å². The second-order valence-electron chi connectivity index (χ2n) is 7.46. The first-order valence-electron chi connectivity index (χ1n) is 9.88. The van der Waals surface area contributed by atoms with Crippen molar-refractivity contribution in [2.75, 3.05) is 35.2 Å². The average molecular weight is 463 g/mol. The van der Waals surface area contributed by atoms with Crippen LogP contribution in [0.5, 0.6) is 0 Å². The Labute approximate surface area is 189 Å². The molecule has 1 atom stereocenters. The number of hydrogen-bond donors (Lipinski definition) is 0. The highest BCUT2D eigenvalue weighted by Gasteiger charge is 2.62. The van der Waals surface area contributed by atoms with Gasteiger partial charge in [0.25, 0.3) is 0 Å². The van der Waals surface area contributed by atoms with E-state index in [1.165, 1.54) is 4.90 Å². The van der Waals surface area contributed by atoms with E-state index < -0.39 is 5.12 Å². The first-order valence-corrected chi connectivity index (χ1v) is 11.6. The van der Waals surface area contributed by atoms with Crippen LogP contribution < -0.4 is 9.80 Å². The van der Waals surface area contributed by atoms with Crippen molar-refractivity contribution in [3.8, 4) is 0 Å². The number of carbonyl (C=O) groups excluding carboxylic acids is 2. The fraction of sp³-hybridized carbons (Fsp3) is 0.333. The van der Waals surface area contributed by atoms with Gasteiger partial charge in [-0.25, -0.2) is 19.4 Å². The van der Waals surface area contributed by atoms with Gasteiger partial charge in [0.1, 0.15) is 0 Å². The number of amides is 4. The number of fused-ring (bicyclic) bond motifs is 1. The van der Waals surface area contributed by atoms with Gasteiger partial charge in [-0.2, -0.15) is 0 Å². The maximum Gasteiger partial charge on any atom is 0.341 e. The Balaban J connectivity index is 1.67. The van der Waals surface area contributed by atoms with Gasteiger partial charge < -0.3 is 0 Å². The molecule has 0 bridgehead atoms. The summed E-state index contributed by atoms with van der Waals surface area (Å²) in [5.74, 6) is 0.758. The third kappa shape index (κ3) is 2.99. The monoisotopic (exact) mass is 462 g/mol. The number of halogens is 2. The van der Waals surface area contributed by atoms with Crippen molar-refractivity contribution in [2.24, 2.45) is 0 Å². The Morgan fingerprint density at radius 3 is 1.93 bits per heavy atom. The lowest BCUT2D eigenvalue weighted by Gasteiger charge is -2.55. The third-order valence-electron chi connectivity index (χ3n) is 5.75. The Morgan fingerprint density at radius 2 is 1.33 bits per heavy atom. The van der Waals surface area contributed by atoms with Gasteiger partial charge in [-0.05, 0) is 61.4 Å². The molecule has 2 aromatic carbocycles. The van der Waals surface area contributed by atoms with Crippen LogP contribution in [0.4, 0.5) is 21.0 Å². The van der Waals surface area contributed by atoms with Crippen LogP contribution in [-0.4, -0.2) is 52.4 Å². The minimum absolute atomic E-state index is 0.301. The van der Waals surface area contributed by atoms with Crippen molar-refractivity contribution < 1.29 is 9.59 Å². The van der Waals surface area contributed by atoms with Crippen LogP contribution in [-0.2, 0) is 0 Å². The normalized spacial score (nSPS) is 24.7. The molecule has 0 N–H and O–H groups in total. The standard InChI is InChI=1S/C21H20Cl2N4O2S/c22-15-3-7-17(8-4-15)26-19(28)25-13-14-30-21(25,24-11-1-2-12-24)27(20(26)29)18-9-5-16(23)6-10-18/h3-10H,1-2,11-14H2. The second kappa shape index (κ2) is 7.64. The molecular formula is C21H20Cl2N4O2S. The van der Waals surface area contributed by atoms with E-state index in [9.17, 15) is 9.59 Å². The lowest BCUT2D eigenvalue weighted by molar-refractivity contribution is 0.0649. The highest BCUT2D eigenvalue weighted by Crippen LogP contribution is 2.49. The van der Waals surface area contributed by atoms with Gasteiger partial charge in [0.15, 0.2) is 0 Å². The maximum absolute atomic E-state index is 13.9. The molecular weight excluding hydrogens is 443 g/mol. The molecule has 9 heteroatoms. The summed E-state index contributed by atoms with van der Waals surface area (Å²) < 4.78 is 0. The number of nitrogens with zero attached hydrogens (tertiary/aromatic N) is 4. The van der Waals surface area contributed by atoms with E-state index in [0.29, 0.717) is 28.0 Å². The summed E-state index contributed by atoms with van der Waals surface area (Å²) in [4.78, 5) is 34.6. The van der Waals surface area contributed by atoms with Crippen LogP contribution in [0.1, 0.15) is 12.8 Å². The first-order chi connectivity index (χ1) is 14.5. The third-order valence-corrected chi connectivity index (χ3v) is 7.69. The molecule has 0 aromatic heterocycles. The number of likely N-dealkylation sites (tertiary alicyclic amines) is 1. The van der Waals surface area contributed by atoms with E-state index in [0.717, 1.165) is 31.7 Å². The molecule has 6 nitrogen and oxygen atoms in total. The van der Waals surface area contributed by atoms with E-state index in [-0.39, 0.29) is 12.1 Å². The smallest absolute Gasteiger partial charge is 0.277 e. The van der Waals surface area contributed by atoms with Crippen molar-refractivity contribution in [1.29, 1.82) is 0 Å². The minimum atomic E-state index is -0.860.